The summed E-state index contributed by atoms with van der Waals surface area (Å²) in [6, 6.07) is 6.86. The van der Waals surface area contributed by atoms with Crippen molar-refractivity contribution in [2.45, 2.75) is 32.3 Å². The van der Waals surface area contributed by atoms with E-state index in [4.69, 9.17) is 4.74 Å². The fraction of sp³-hybridized carbons (Fsp3) is 0.600. The van der Waals surface area contributed by atoms with Gasteiger partial charge in [0.05, 0.1) is 12.7 Å². The Balaban J connectivity index is 1.79. The lowest BCUT2D eigenvalue weighted by atomic mass is 10.0. The van der Waals surface area contributed by atoms with Gasteiger partial charge in [-0.1, -0.05) is 13.0 Å². The third-order valence-electron chi connectivity index (χ3n) is 3.99. The number of nitrogens with one attached hydrogen (secondary N) is 1. The van der Waals surface area contributed by atoms with E-state index in [1.54, 1.807) is 0 Å². The summed E-state index contributed by atoms with van der Waals surface area (Å²) < 4.78 is 5.73. The number of nitrogens with zero attached hydrogens (tertiary/aromatic N) is 1. The molecular formula is C15H22N2O. The van der Waals surface area contributed by atoms with Crippen LogP contribution in [0.25, 0.3) is 0 Å². The number of morpholine rings is 1. The minimum absolute atomic E-state index is 0.391. The SMILES string of the molecule is CCC1CN(c2ccc3c(c2)NCCC3)CCO1. The zero-order valence-electron chi connectivity index (χ0n) is 11.1. The van der Waals surface area contributed by atoms with E-state index in [2.05, 4.69) is 35.3 Å². The zero-order valence-corrected chi connectivity index (χ0v) is 11.1. The summed E-state index contributed by atoms with van der Waals surface area (Å²) in [5, 5.41) is 3.51. The van der Waals surface area contributed by atoms with E-state index in [0.29, 0.717) is 6.10 Å². The molecule has 2 aliphatic heterocycles. The minimum Gasteiger partial charge on any atom is -0.385 e. The Kier molecular flexibility index (Phi) is 3.41. The van der Waals surface area contributed by atoms with Crippen LogP contribution in [0, 0.1) is 0 Å². The van der Waals surface area contributed by atoms with Crippen molar-refractivity contribution in [2.75, 3.05) is 36.5 Å². The lowest BCUT2D eigenvalue weighted by Gasteiger charge is -2.34. The van der Waals surface area contributed by atoms with Crippen molar-refractivity contribution in [1.82, 2.24) is 0 Å². The summed E-state index contributed by atoms with van der Waals surface area (Å²) in [6.45, 7) is 6.19. The summed E-state index contributed by atoms with van der Waals surface area (Å²) in [5.74, 6) is 0. The number of anilines is 2. The Morgan fingerprint density at radius 3 is 3.28 bits per heavy atom. The fourth-order valence-corrected chi connectivity index (χ4v) is 2.85. The van der Waals surface area contributed by atoms with E-state index >= 15 is 0 Å². The molecule has 0 radical (unpaired) electrons. The summed E-state index contributed by atoms with van der Waals surface area (Å²) >= 11 is 0. The van der Waals surface area contributed by atoms with Gasteiger partial charge in [-0.05, 0) is 37.0 Å². The normalized spacial score (nSPS) is 23.4. The van der Waals surface area contributed by atoms with Gasteiger partial charge >= 0.3 is 0 Å². The molecule has 0 spiro atoms. The molecule has 0 bridgehead atoms. The van der Waals surface area contributed by atoms with Gasteiger partial charge in [0.15, 0.2) is 0 Å². The predicted molar refractivity (Wildman–Crippen MR) is 75.5 cm³/mol. The van der Waals surface area contributed by atoms with E-state index in [-0.39, 0.29) is 0 Å². The highest BCUT2D eigenvalue weighted by molar-refractivity contribution is 5.63. The average molecular weight is 246 g/mol. The molecule has 0 amide bonds. The van der Waals surface area contributed by atoms with Crippen molar-refractivity contribution in [1.29, 1.82) is 0 Å². The molecular weight excluding hydrogens is 224 g/mol. The number of fused-ring (bicyclic) bond motifs is 1. The highest BCUT2D eigenvalue weighted by atomic mass is 16.5. The molecule has 3 nitrogen and oxygen atoms in total. The Morgan fingerprint density at radius 1 is 1.44 bits per heavy atom. The van der Waals surface area contributed by atoms with Crippen molar-refractivity contribution in [3.63, 3.8) is 0 Å². The van der Waals surface area contributed by atoms with Crippen LogP contribution in [0.1, 0.15) is 25.3 Å². The fourth-order valence-electron chi connectivity index (χ4n) is 2.85. The minimum atomic E-state index is 0.391. The second-order valence-corrected chi connectivity index (χ2v) is 5.22. The van der Waals surface area contributed by atoms with E-state index in [1.165, 1.54) is 29.8 Å². The summed E-state index contributed by atoms with van der Waals surface area (Å²) in [6.07, 6.45) is 3.95. The molecule has 1 aromatic rings. The largest absolute Gasteiger partial charge is 0.385 e. The van der Waals surface area contributed by atoms with Gasteiger partial charge in [0.2, 0.25) is 0 Å². The standard InChI is InChI=1S/C15H22N2O/c1-2-14-11-17(8-9-18-14)13-6-5-12-4-3-7-16-15(12)10-13/h5-6,10,14,16H,2-4,7-9,11H2,1H3. The van der Waals surface area contributed by atoms with Crippen molar-refractivity contribution >= 4 is 11.4 Å². The van der Waals surface area contributed by atoms with Gasteiger partial charge < -0.3 is 15.0 Å². The maximum atomic E-state index is 5.73. The van der Waals surface area contributed by atoms with Gasteiger partial charge in [0.1, 0.15) is 0 Å². The van der Waals surface area contributed by atoms with E-state index < -0.39 is 0 Å². The third-order valence-corrected chi connectivity index (χ3v) is 3.99. The first-order chi connectivity index (χ1) is 8.86. The van der Waals surface area contributed by atoms with Crippen molar-refractivity contribution in [3.05, 3.63) is 23.8 Å². The van der Waals surface area contributed by atoms with Gasteiger partial charge in [0, 0.05) is 31.0 Å². The molecule has 0 aromatic heterocycles. The molecule has 18 heavy (non-hydrogen) atoms. The van der Waals surface area contributed by atoms with E-state index in [0.717, 1.165) is 32.7 Å². The van der Waals surface area contributed by atoms with Crippen molar-refractivity contribution in [3.8, 4) is 0 Å². The Labute approximate surface area is 109 Å². The lowest BCUT2D eigenvalue weighted by Crippen LogP contribution is -2.42. The number of hydrogen-bond donors (Lipinski definition) is 1. The highest BCUT2D eigenvalue weighted by Crippen LogP contribution is 2.28. The summed E-state index contributed by atoms with van der Waals surface area (Å²) in [7, 11) is 0. The number of rotatable bonds is 2. The second kappa shape index (κ2) is 5.19. The Hall–Kier alpha value is -1.22. The van der Waals surface area contributed by atoms with Gasteiger partial charge in [-0.15, -0.1) is 0 Å². The number of hydrogen-bond acceptors (Lipinski definition) is 3. The quantitative estimate of drug-likeness (QED) is 0.868. The highest BCUT2D eigenvalue weighted by Gasteiger charge is 2.20. The monoisotopic (exact) mass is 246 g/mol. The molecule has 0 saturated carbocycles. The number of benzene rings is 1. The van der Waals surface area contributed by atoms with Crippen molar-refractivity contribution in [2.24, 2.45) is 0 Å². The van der Waals surface area contributed by atoms with Crippen LogP contribution in [0.5, 0.6) is 0 Å². The molecule has 3 heteroatoms. The van der Waals surface area contributed by atoms with Gasteiger partial charge in [-0.25, -0.2) is 0 Å². The first kappa shape index (κ1) is 11.8. The molecule has 2 aliphatic rings. The zero-order chi connectivity index (χ0) is 12.4. The molecule has 3 rings (SSSR count). The van der Waals surface area contributed by atoms with Crippen LogP contribution in [-0.2, 0) is 11.2 Å². The molecule has 1 atom stereocenters. The molecule has 1 fully saturated rings. The third kappa shape index (κ3) is 2.32. The molecule has 1 N–H and O–H groups in total. The number of aryl methyl sites for hydroxylation is 1. The van der Waals surface area contributed by atoms with Crippen LogP contribution in [0.15, 0.2) is 18.2 Å². The van der Waals surface area contributed by atoms with E-state index in [9.17, 15) is 0 Å². The Bertz CT molecular complexity index is 419. The number of ether oxygens (including phenoxy) is 1. The lowest BCUT2D eigenvalue weighted by molar-refractivity contribution is 0.0384. The maximum Gasteiger partial charge on any atom is 0.0748 e. The molecule has 1 aromatic carbocycles. The van der Waals surface area contributed by atoms with Crippen molar-refractivity contribution < 1.29 is 4.74 Å². The van der Waals surface area contributed by atoms with Crippen LogP contribution in [-0.4, -0.2) is 32.3 Å². The summed E-state index contributed by atoms with van der Waals surface area (Å²) in [5.41, 5.74) is 4.13. The molecule has 98 valence electrons. The van der Waals surface area contributed by atoms with Gasteiger partial charge in [0.25, 0.3) is 0 Å². The van der Waals surface area contributed by atoms with Crippen LogP contribution in [0.2, 0.25) is 0 Å². The van der Waals surface area contributed by atoms with Crippen LogP contribution in [0.4, 0.5) is 11.4 Å². The molecule has 0 aliphatic carbocycles. The predicted octanol–water partition coefficient (Wildman–Crippen LogP) is 2.66. The average Bonchev–Trinajstić information content (AvgIpc) is 2.47. The van der Waals surface area contributed by atoms with Crippen LogP contribution >= 0.6 is 0 Å². The van der Waals surface area contributed by atoms with Gasteiger partial charge in [-0.2, -0.15) is 0 Å². The maximum absolute atomic E-state index is 5.73. The smallest absolute Gasteiger partial charge is 0.0748 e. The molecule has 1 saturated heterocycles. The first-order valence-corrected chi connectivity index (χ1v) is 7.10. The molecule has 2 heterocycles. The van der Waals surface area contributed by atoms with Crippen LogP contribution in [0.3, 0.4) is 0 Å². The van der Waals surface area contributed by atoms with Gasteiger partial charge in [-0.3, -0.25) is 0 Å². The van der Waals surface area contributed by atoms with E-state index in [1.807, 2.05) is 0 Å². The Morgan fingerprint density at radius 2 is 2.39 bits per heavy atom. The van der Waals surface area contributed by atoms with Crippen LogP contribution < -0.4 is 10.2 Å². The molecule has 1 unspecified atom stereocenters. The second-order valence-electron chi connectivity index (χ2n) is 5.22. The summed E-state index contributed by atoms with van der Waals surface area (Å²) in [4.78, 5) is 2.45. The topological polar surface area (TPSA) is 24.5 Å². The first-order valence-electron chi connectivity index (χ1n) is 7.10.